The second-order valence-corrected chi connectivity index (χ2v) is 5.54. The van der Waals surface area contributed by atoms with Crippen molar-refractivity contribution in [3.8, 4) is 34.5 Å². The fraction of sp³-hybridized carbons (Fsp3) is 0.211. The summed E-state index contributed by atoms with van der Waals surface area (Å²) in [6.07, 6.45) is 0.172. The number of halogens is 2. The number of nitrogens with zero attached hydrogens (tertiary/aromatic N) is 3. The smallest absolute Gasteiger partial charge is 0.280 e. The molecule has 8 heteroatoms. The molecule has 0 aromatic carbocycles. The van der Waals surface area contributed by atoms with Crippen LogP contribution in [0.1, 0.15) is 17.7 Å². The fourth-order valence-corrected chi connectivity index (χ4v) is 2.53. The Hall–Kier alpha value is -3.29. The molecule has 0 amide bonds. The van der Waals surface area contributed by atoms with Crippen LogP contribution in [0.2, 0.25) is 0 Å². The Balaban J connectivity index is 1.99. The minimum Gasteiger partial charge on any atom is -0.481 e. The lowest BCUT2D eigenvalue weighted by Crippen LogP contribution is -1.99. The third-order valence-electron chi connectivity index (χ3n) is 3.81. The predicted octanol–water partition coefficient (Wildman–Crippen LogP) is 4.59. The zero-order valence-corrected chi connectivity index (χ0v) is 14.9. The van der Waals surface area contributed by atoms with Crippen molar-refractivity contribution in [2.24, 2.45) is 0 Å². The Kier molecular flexibility index (Phi) is 5.44. The predicted molar refractivity (Wildman–Crippen MR) is 94.6 cm³/mol. The summed E-state index contributed by atoms with van der Waals surface area (Å²) in [4.78, 5) is 12.3. The number of methoxy groups -OCH3 is 2. The molecule has 0 N–H and O–H groups in total. The lowest BCUT2D eigenvalue weighted by molar-refractivity contribution is 0.145. The van der Waals surface area contributed by atoms with E-state index in [4.69, 9.17) is 14.2 Å². The normalized spacial score (nSPS) is 10.7. The van der Waals surface area contributed by atoms with E-state index in [1.165, 1.54) is 26.5 Å². The molecule has 27 heavy (non-hydrogen) atoms. The summed E-state index contributed by atoms with van der Waals surface area (Å²) in [5, 5.41) is 0. The molecule has 3 rings (SSSR count). The lowest BCUT2D eigenvalue weighted by Gasteiger charge is -2.13. The Labute approximate surface area is 154 Å². The topological polar surface area (TPSA) is 66.4 Å². The summed E-state index contributed by atoms with van der Waals surface area (Å²) >= 11 is 0. The Morgan fingerprint density at radius 2 is 1.74 bits per heavy atom. The summed E-state index contributed by atoms with van der Waals surface area (Å²) < 4.78 is 42.0. The van der Waals surface area contributed by atoms with Gasteiger partial charge in [-0.2, -0.15) is 4.98 Å². The SMILES string of the molecule is COc1ccc(-c2cccnc2Oc2cnc(C(F)F)c(C)c2)c(OC)n1. The average Bonchev–Trinajstić information content (AvgIpc) is 2.67. The first-order valence-electron chi connectivity index (χ1n) is 8.00. The molecule has 0 saturated heterocycles. The van der Waals surface area contributed by atoms with Gasteiger partial charge in [0.2, 0.25) is 17.6 Å². The van der Waals surface area contributed by atoms with Gasteiger partial charge in [0.05, 0.1) is 20.4 Å². The molecule has 0 unspecified atom stereocenters. The minimum absolute atomic E-state index is 0.272. The zero-order chi connectivity index (χ0) is 19.4. The van der Waals surface area contributed by atoms with Gasteiger partial charge < -0.3 is 14.2 Å². The molecule has 0 radical (unpaired) electrons. The van der Waals surface area contributed by atoms with Crippen LogP contribution in [0.4, 0.5) is 8.78 Å². The zero-order valence-electron chi connectivity index (χ0n) is 14.9. The van der Waals surface area contributed by atoms with E-state index in [-0.39, 0.29) is 11.6 Å². The molecule has 3 aromatic heterocycles. The molecule has 3 heterocycles. The van der Waals surface area contributed by atoms with E-state index in [0.717, 1.165) is 0 Å². The number of aryl methyl sites for hydroxylation is 1. The highest BCUT2D eigenvalue weighted by atomic mass is 19.3. The first-order chi connectivity index (χ1) is 13.0. The van der Waals surface area contributed by atoms with Gasteiger partial charge in [-0.1, -0.05) is 0 Å². The van der Waals surface area contributed by atoms with Gasteiger partial charge in [-0.3, -0.25) is 4.98 Å². The van der Waals surface area contributed by atoms with E-state index in [1.807, 2.05) is 0 Å². The van der Waals surface area contributed by atoms with Crippen molar-refractivity contribution in [1.29, 1.82) is 0 Å². The highest BCUT2D eigenvalue weighted by molar-refractivity contribution is 5.73. The van der Waals surface area contributed by atoms with Crippen molar-refractivity contribution in [2.45, 2.75) is 13.3 Å². The Morgan fingerprint density at radius 3 is 2.41 bits per heavy atom. The molecular formula is C19H17F2N3O3. The molecule has 0 aliphatic carbocycles. The van der Waals surface area contributed by atoms with Gasteiger partial charge in [-0.05, 0) is 36.8 Å². The third-order valence-corrected chi connectivity index (χ3v) is 3.81. The van der Waals surface area contributed by atoms with Gasteiger partial charge in [-0.25, -0.2) is 13.8 Å². The second-order valence-electron chi connectivity index (χ2n) is 5.54. The van der Waals surface area contributed by atoms with E-state index < -0.39 is 6.43 Å². The van der Waals surface area contributed by atoms with Crippen LogP contribution in [0.5, 0.6) is 23.4 Å². The molecule has 0 bridgehead atoms. The first kappa shape index (κ1) is 18.5. The molecule has 0 spiro atoms. The molecule has 0 aliphatic rings. The van der Waals surface area contributed by atoms with Crippen LogP contribution in [0.3, 0.4) is 0 Å². The largest absolute Gasteiger partial charge is 0.481 e. The van der Waals surface area contributed by atoms with Gasteiger partial charge >= 0.3 is 0 Å². The maximum absolute atomic E-state index is 12.9. The summed E-state index contributed by atoms with van der Waals surface area (Å²) in [5.74, 6) is 1.32. The number of hydrogen-bond donors (Lipinski definition) is 0. The van der Waals surface area contributed by atoms with Crippen LogP contribution in [0, 0.1) is 6.92 Å². The van der Waals surface area contributed by atoms with E-state index in [9.17, 15) is 8.78 Å². The number of rotatable bonds is 6. The van der Waals surface area contributed by atoms with Gasteiger partial charge in [0.15, 0.2) is 0 Å². The van der Waals surface area contributed by atoms with E-state index in [2.05, 4.69) is 15.0 Å². The first-order valence-corrected chi connectivity index (χ1v) is 8.00. The number of pyridine rings is 3. The van der Waals surface area contributed by atoms with Crippen LogP contribution in [-0.4, -0.2) is 29.2 Å². The second kappa shape index (κ2) is 7.94. The van der Waals surface area contributed by atoms with Crippen LogP contribution in [0.15, 0.2) is 42.7 Å². The van der Waals surface area contributed by atoms with Crippen LogP contribution >= 0.6 is 0 Å². The van der Waals surface area contributed by atoms with Gasteiger partial charge in [-0.15, -0.1) is 0 Å². The van der Waals surface area contributed by atoms with Crippen molar-refractivity contribution in [1.82, 2.24) is 15.0 Å². The molecule has 140 valence electrons. The van der Waals surface area contributed by atoms with Crippen molar-refractivity contribution < 1.29 is 23.0 Å². The summed E-state index contributed by atoms with van der Waals surface area (Å²) in [6.45, 7) is 1.55. The van der Waals surface area contributed by atoms with E-state index in [0.29, 0.717) is 34.2 Å². The molecule has 0 atom stereocenters. The maximum atomic E-state index is 12.9. The van der Waals surface area contributed by atoms with Crippen molar-refractivity contribution in [3.63, 3.8) is 0 Å². The minimum atomic E-state index is -2.64. The highest BCUT2D eigenvalue weighted by Crippen LogP contribution is 2.37. The lowest BCUT2D eigenvalue weighted by atomic mass is 10.1. The number of ether oxygens (including phenoxy) is 3. The summed E-state index contributed by atoms with van der Waals surface area (Å²) in [6, 6.07) is 8.50. The average molecular weight is 373 g/mol. The van der Waals surface area contributed by atoms with Crippen LogP contribution in [-0.2, 0) is 0 Å². The molecule has 3 aromatic rings. The van der Waals surface area contributed by atoms with Gasteiger partial charge in [0, 0.05) is 23.4 Å². The number of alkyl halides is 2. The molecule has 0 saturated carbocycles. The molecule has 0 aliphatic heterocycles. The van der Waals surface area contributed by atoms with Crippen molar-refractivity contribution >= 4 is 0 Å². The van der Waals surface area contributed by atoms with Gasteiger partial charge in [0.1, 0.15) is 11.4 Å². The fourth-order valence-electron chi connectivity index (χ4n) is 2.53. The summed E-state index contributed by atoms with van der Waals surface area (Å²) in [5.41, 5.74) is 1.34. The highest BCUT2D eigenvalue weighted by Gasteiger charge is 2.17. The number of aromatic nitrogens is 3. The molecule has 6 nitrogen and oxygen atoms in total. The van der Waals surface area contributed by atoms with Crippen molar-refractivity contribution in [2.75, 3.05) is 14.2 Å². The van der Waals surface area contributed by atoms with Crippen molar-refractivity contribution in [3.05, 3.63) is 54.0 Å². The monoisotopic (exact) mass is 373 g/mol. The van der Waals surface area contributed by atoms with Gasteiger partial charge in [0.25, 0.3) is 6.43 Å². The number of hydrogen-bond acceptors (Lipinski definition) is 6. The summed E-state index contributed by atoms with van der Waals surface area (Å²) in [7, 11) is 3.01. The van der Waals surface area contributed by atoms with E-state index in [1.54, 1.807) is 37.4 Å². The standard InChI is InChI=1S/C19H17F2N3O3/c1-11-9-12(10-23-16(11)17(20)21)27-18-13(5-4-8-22-18)14-6-7-15(25-2)24-19(14)26-3/h4-10,17H,1-3H3. The molecular weight excluding hydrogens is 356 g/mol. The van der Waals surface area contributed by atoms with Crippen LogP contribution < -0.4 is 14.2 Å². The maximum Gasteiger partial charge on any atom is 0.280 e. The molecule has 0 fully saturated rings. The Bertz CT molecular complexity index is 951. The van der Waals surface area contributed by atoms with Crippen LogP contribution in [0.25, 0.3) is 11.1 Å². The third kappa shape index (κ3) is 3.94. The Morgan fingerprint density at radius 1 is 0.963 bits per heavy atom. The van der Waals surface area contributed by atoms with E-state index >= 15 is 0 Å². The quantitative estimate of drug-likeness (QED) is 0.629.